The molecule has 0 radical (unpaired) electrons. The maximum Gasteiger partial charge on any atom is 0.311 e. The number of carbonyl (C=O) groups is 2. The number of hydrogen-bond acceptors (Lipinski definition) is 4. The normalized spacial score (nSPS) is 22.0. The van der Waals surface area contributed by atoms with Crippen LogP contribution in [0.3, 0.4) is 0 Å². The van der Waals surface area contributed by atoms with Gasteiger partial charge in [0.25, 0.3) is 5.91 Å². The molecule has 1 aromatic rings. The summed E-state index contributed by atoms with van der Waals surface area (Å²) in [6.07, 6.45) is 1.95. The molecule has 0 bridgehead atoms. The van der Waals surface area contributed by atoms with Gasteiger partial charge in [0.15, 0.2) is 0 Å². The molecule has 1 saturated heterocycles. The van der Waals surface area contributed by atoms with Gasteiger partial charge in [-0.25, -0.2) is 0 Å². The Morgan fingerprint density at radius 1 is 1.55 bits per heavy atom. The maximum atomic E-state index is 12.4. The first-order valence-corrected chi connectivity index (χ1v) is 7.55. The molecule has 0 aromatic carbocycles. The van der Waals surface area contributed by atoms with Crippen molar-refractivity contribution in [3.63, 3.8) is 0 Å². The number of carboxylic acid groups (broad SMARTS) is 1. The van der Waals surface area contributed by atoms with Gasteiger partial charge in [0.2, 0.25) is 0 Å². The number of ether oxygens (including phenoxy) is 1. The Hall–Kier alpha value is -1.56. The number of nitrogens with zero attached hydrogens (tertiary/aromatic N) is 1. The summed E-state index contributed by atoms with van der Waals surface area (Å²) in [5.41, 5.74) is -0.772. The fraction of sp³-hybridized carbons (Fsp3) is 0.571. The van der Waals surface area contributed by atoms with Gasteiger partial charge in [0, 0.05) is 24.5 Å². The number of thiophene rings is 1. The molecule has 1 aromatic heterocycles. The molecule has 110 valence electrons. The number of carboxylic acids is 1. The Kier molecular flexibility index (Phi) is 4.32. The Labute approximate surface area is 122 Å². The highest BCUT2D eigenvalue weighted by atomic mass is 32.1. The summed E-state index contributed by atoms with van der Waals surface area (Å²) in [5.74, 6) is -0.230. The lowest BCUT2D eigenvalue weighted by Crippen LogP contribution is -2.36. The summed E-state index contributed by atoms with van der Waals surface area (Å²) in [5, 5.41) is 11.2. The quantitative estimate of drug-likeness (QED) is 0.906. The predicted molar refractivity (Wildman–Crippen MR) is 76.4 cm³/mol. The van der Waals surface area contributed by atoms with Crippen molar-refractivity contribution >= 4 is 23.2 Å². The highest BCUT2D eigenvalue weighted by Crippen LogP contribution is 2.36. The van der Waals surface area contributed by atoms with Crippen LogP contribution >= 0.6 is 11.3 Å². The zero-order valence-corrected chi connectivity index (χ0v) is 12.5. The van der Waals surface area contributed by atoms with Crippen molar-refractivity contribution in [3.05, 3.63) is 16.3 Å². The first kappa shape index (κ1) is 14.8. The standard InChI is InChI=1S/C14H19NO4S/c1-3-4-14(13(17)18)5-6-15(9-14)12(16)11-7-10(19-2)8-20-11/h7-8H,3-6,9H2,1-2H3,(H,17,18). The van der Waals surface area contributed by atoms with Gasteiger partial charge in [-0.1, -0.05) is 13.3 Å². The number of methoxy groups -OCH3 is 1. The van der Waals surface area contributed by atoms with Gasteiger partial charge in [-0.15, -0.1) is 11.3 Å². The van der Waals surface area contributed by atoms with E-state index in [1.165, 1.54) is 11.3 Å². The summed E-state index contributed by atoms with van der Waals surface area (Å²) >= 11 is 1.33. The van der Waals surface area contributed by atoms with E-state index in [1.54, 1.807) is 23.5 Å². The second-order valence-electron chi connectivity index (χ2n) is 5.16. The Bertz CT molecular complexity index is 513. The largest absolute Gasteiger partial charge is 0.496 e. The van der Waals surface area contributed by atoms with Crippen LogP contribution < -0.4 is 4.74 Å². The van der Waals surface area contributed by atoms with Crippen molar-refractivity contribution in [3.8, 4) is 5.75 Å². The lowest BCUT2D eigenvalue weighted by Gasteiger charge is -2.23. The Morgan fingerprint density at radius 3 is 2.85 bits per heavy atom. The number of amides is 1. The van der Waals surface area contributed by atoms with E-state index in [0.29, 0.717) is 36.6 Å². The molecule has 0 saturated carbocycles. The van der Waals surface area contributed by atoms with Crippen molar-refractivity contribution < 1.29 is 19.4 Å². The fourth-order valence-electron chi connectivity index (χ4n) is 2.70. The number of hydrogen-bond donors (Lipinski definition) is 1. The van der Waals surface area contributed by atoms with Crippen LogP contribution in [-0.2, 0) is 4.79 Å². The molecule has 1 aliphatic heterocycles. The predicted octanol–water partition coefficient (Wildman–Crippen LogP) is 2.47. The molecule has 5 nitrogen and oxygen atoms in total. The molecular formula is C14H19NO4S. The van der Waals surface area contributed by atoms with Gasteiger partial charge in [-0.2, -0.15) is 0 Å². The molecule has 2 rings (SSSR count). The topological polar surface area (TPSA) is 66.8 Å². The third kappa shape index (κ3) is 2.65. The van der Waals surface area contributed by atoms with Crippen LogP contribution in [-0.4, -0.2) is 42.1 Å². The van der Waals surface area contributed by atoms with Gasteiger partial charge in [0.1, 0.15) is 5.75 Å². The summed E-state index contributed by atoms with van der Waals surface area (Å²) in [7, 11) is 1.56. The van der Waals surface area contributed by atoms with Crippen molar-refractivity contribution in [2.24, 2.45) is 5.41 Å². The summed E-state index contributed by atoms with van der Waals surface area (Å²) in [6, 6.07) is 1.70. The second-order valence-corrected chi connectivity index (χ2v) is 6.07. The molecule has 20 heavy (non-hydrogen) atoms. The van der Waals surface area contributed by atoms with Crippen LogP contribution in [0.5, 0.6) is 5.75 Å². The van der Waals surface area contributed by atoms with Crippen LogP contribution in [0.2, 0.25) is 0 Å². The van der Waals surface area contributed by atoms with E-state index in [-0.39, 0.29) is 5.91 Å². The third-order valence-electron chi connectivity index (χ3n) is 3.85. The molecule has 1 amide bonds. The molecule has 1 fully saturated rings. The third-order valence-corrected chi connectivity index (χ3v) is 4.74. The van der Waals surface area contributed by atoms with Gasteiger partial charge in [-0.3, -0.25) is 9.59 Å². The number of aliphatic carboxylic acids is 1. The van der Waals surface area contributed by atoms with E-state index in [0.717, 1.165) is 6.42 Å². The van der Waals surface area contributed by atoms with Crippen LogP contribution in [0.15, 0.2) is 11.4 Å². The Balaban J connectivity index is 2.11. The first-order valence-electron chi connectivity index (χ1n) is 6.67. The second kappa shape index (κ2) is 5.83. The minimum atomic E-state index is -0.793. The zero-order valence-electron chi connectivity index (χ0n) is 11.7. The monoisotopic (exact) mass is 297 g/mol. The summed E-state index contributed by atoms with van der Waals surface area (Å²) in [4.78, 5) is 26.1. The molecule has 0 spiro atoms. The van der Waals surface area contributed by atoms with Gasteiger partial charge >= 0.3 is 5.97 Å². The summed E-state index contributed by atoms with van der Waals surface area (Å²) < 4.78 is 5.07. The van der Waals surface area contributed by atoms with Gasteiger partial charge in [-0.05, 0) is 12.8 Å². The average Bonchev–Trinajstić information content (AvgIpc) is 3.05. The first-order chi connectivity index (χ1) is 9.52. The summed E-state index contributed by atoms with van der Waals surface area (Å²) in [6.45, 7) is 2.78. The number of carbonyl (C=O) groups excluding carboxylic acids is 1. The van der Waals surface area contributed by atoms with Crippen molar-refractivity contribution in [1.82, 2.24) is 4.90 Å². The highest BCUT2D eigenvalue weighted by Gasteiger charge is 2.45. The molecule has 1 unspecified atom stereocenters. The molecule has 1 N–H and O–H groups in total. The molecule has 6 heteroatoms. The van der Waals surface area contributed by atoms with E-state index in [2.05, 4.69) is 0 Å². The minimum absolute atomic E-state index is 0.0995. The molecular weight excluding hydrogens is 278 g/mol. The fourth-order valence-corrected chi connectivity index (χ4v) is 3.53. The smallest absolute Gasteiger partial charge is 0.311 e. The van der Waals surface area contributed by atoms with Crippen molar-refractivity contribution in [2.75, 3.05) is 20.2 Å². The van der Waals surface area contributed by atoms with E-state index >= 15 is 0 Å². The van der Waals surface area contributed by atoms with Crippen LogP contribution in [0, 0.1) is 5.41 Å². The average molecular weight is 297 g/mol. The maximum absolute atomic E-state index is 12.4. The van der Waals surface area contributed by atoms with Crippen LogP contribution in [0.25, 0.3) is 0 Å². The lowest BCUT2D eigenvalue weighted by atomic mass is 9.83. The SMILES string of the molecule is CCCC1(C(=O)O)CCN(C(=O)c2cc(OC)cs2)C1. The molecule has 1 atom stereocenters. The van der Waals surface area contributed by atoms with Gasteiger partial charge in [0.05, 0.1) is 17.4 Å². The van der Waals surface area contributed by atoms with Crippen LogP contribution in [0.4, 0.5) is 0 Å². The van der Waals surface area contributed by atoms with E-state index in [4.69, 9.17) is 4.74 Å². The van der Waals surface area contributed by atoms with Crippen molar-refractivity contribution in [1.29, 1.82) is 0 Å². The van der Waals surface area contributed by atoms with E-state index in [1.807, 2.05) is 6.92 Å². The van der Waals surface area contributed by atoms with Gasteiger partial charge < -0.3 is 14.7 Å². The minimum Gasteiger partial charge on any atom is -0.496 e. The number of rotatable bonds is 5. The van der Waals surface area contributed by atoms with E-state index in [9.17, 15) is 14.7 Å². The lowest BCUT2D eigenvalue weighted by molar-refractivity contribution is -0.148. The van der Waals surface area contributed by atoms with Crippen LogP contribution in [0.1, 0.15) is 35.9 Å². The zero-order chi connectivity index (χ0) is 14.8. The van der Waals surface area contributed by atoms with E-state index < -0.39 is 11.4 Å². The molecule has 0 aliphatic carbocycles. The number of likely N-dealkylation sites (tertiary alicyclic amines) is 1. The van der Waals surface area contributed by atoms with Crippen molar-refractivity contribution in [2.45, 2.75) is 26.2 Å². The molecule has 1 aliphatic rings. The highest BCUT2D eigenvalue weighted by molar-refractivity contribution is 7.12. The molecule has 2 heterocycles. The Morgan fingerprint density at radius 2 is 2.30 bits per heavy atom.